The maximum atomic E-state index is 9.94. The van der Waals surface area contributed by atoms with Crippen LogP contribution in [0, 0.1) is 11.3 Å². The van der Waals surface area contributed by atoms with Gasteiger partial charge in [-0.15, -0.1) is 0 Å². The molecule has 0 fully saturated rings. The summed E-state index contributed by atoms with van der Waals surface area (Å²) in [7, 11) is 0. The van der Waals surface area contributed by atoms with E-state index in [0.29, 0.717) is 16.3 Å². The van der Waals surface area contributed by atoms with Crippen LogP contribution >= 0.6 is 11.6 Å². The third-order valence-corrected chi connectivity index (χ3v) is 3.39. The van der Waals surface area contributed by atoms with E-state index in [2.05, 4.69) is 11.4 Å². The van der Waals surface area contributed by atoms with Gasteiger partial charge in [0.25, 0.3) is 0 Å². The van der Waals surface area contributed by atoms with E-state index in [1.807, 2.05) is 19.1 Å². The van der Waals surface area contributed by atoms with E-state index in [0.717, 1.165) is 12.0 Å². The number of rotatable bonds is 4. The Balaban J connectivity index is 2.34. The fraction of sp³-hybridized carbons (Fsp3) is 0.188. The second kappa shape index (κ2) is 6.31. The molecule has 3 nitrogen and oxygen atoms in total. The average molecular weight is 287 g/mol. The zero-order chi connectivity index (χ0) is 14.5. The summed E-state index contributed by atoms with van der Waals surface area (Å²) in [6.07, 6.45) is 0.773. The smallest absolute Gasteiger partial charge is 0.120 e. The summed E-state index contributed by atoms with van der Waals surface area (Å²) in [4.78, 5) is 0. The standard InChI is InChI=1S/C16H15ClN2O/c1-2-14(13-5-3-4-6-16(13)20)19-15-9-12(17)8-7-11(15)10-18/h3-9,14,19-20H,2H2,1H3. The van der Waals surface area contributed by atoms with Gasteiger partial charge in [0.15, 0.2) is 0 Å². The molecule has 4 heteroatoms. The topological polar surface area (TPSA) is 56.0 Å². The second-order valence-corrected chi connectivity index (χ2v) is 4.90. The van der Waals surface area contributed by atoms with Gasteiger partial charge in [0.1, 0.15) is 11.8 Å². The minimum atomic E-state index is -0.0817. The van der Waals surface area contributed by atoms with Crippen LogP contribution in [-0.2, 0) is 0 Å². The molecule has 0 heterocycles. The zero-order valence-corrected chi connectivity index (χ0v) is 11.9. The first-order valence-corrected chi connectivity index (χ1v) is 6.77. The molecule has 2 rings (SSSR count). The summed E-state index contributed by atoms with van der Waals surface area (Å²) in [5.74, 6) is 0.243. The van der Waals surface area contributed by atoms with Crippen molar-refractivity contribution in [1.29, 1.82) is 5.26 Å². The van der Waals surface area contributed by atoms with Crippen molar-refractivity contribution in [1.82, 2.24) is 0 Å². The van der Waals surface area contributed by atoms with Crippen LogP contribution in [0.2, 0.25) is 5.02 Å². The number of nitriles is 1. The van der Waals surface area contributed by atoms with E-state index in [1.165, 1.54) is 0 Å². The number of hydrogen-bond acceptors (Lipinski definition) is 3. The molecule has 2 aromatic carbocycles. The van der Waals surface area contributed by atoms with Crippen molar-refractivity contribution in [2.75, 3.05) is 5.32 Å². The molecule has 1 atom stereocenters. The van der Waals surface area contributed by atoms with E-state index in [1.54, 1.807) is 30.3 Å². The lowest BCUT2D eigenvalue weighted by molar-refractivity contribution is 0.463. The predicted octanol–water partition coefficient (Wildman–Crippen LogP) is 4.48. The number of nitrogens with zero attached hydrogens (tertiary/aromatic N) is 1. The van der Waals surface area contributed by atoms with Gasteiger partial charge in [-0.3, -0.25) is 0 Å². The minimum absolute atomic E-state index is 0.0817. The lowest BCUT2D eigenvalue weighted by Gasteiger charge is -2.20. The van der Waals surface area contributed by atoms with Crippen molar-refractivity contribution in [2.45, 2.75) is 19.4 Å². The third kappa shape index (κ3) is 3.04. The number of phenols is 1. The molecule has 0 saturated carbocycles. The summed E-state index contributed by atoms with van der Waals surface area (Å²) in [5.41, 5.74) is 2.01. The van der Waals surface area contributed by atoms with E-state index >= 15 is 0 Å². The molecule has 0 saturated heterocycles. The maximum Gasteiger partial charge on any atom is 0.120 e. The van der Waals surface area contributed by atoms with Crippen LogP contribution < -0.4 is 5.32 Å². The molecule has 0 bridgehead atoms. The van der Waals surface area contributed by atoms with Crippen LogP contribution in [0.1, 0.15) is 30.5 Å². The van der Waals surface area contributed by atoms with Crippen molar-refractivity contribution in [3.05, 3.63) is 58.6 Å². The highest BCUT2D eigenvalue weighted by Crippen LogP contribution is 2.31. The summed E-state index contributed by atoms with van der Waals surface area (Å²) >= 11 is 5.98. The van der Waals surface area contributed by atoms with Gasteiger partial charge in [-0.1, -0.05) is 36.7 Å². The number of nitrogens with one attached hydrogen (secondary N) is 1. The molecule has 0 aliphatic heterocycles. The number of aromatic hydroxyl groups is 1. The molecule has 2 aromatic rings. The van der Waals surface area contributed by atoms with Crippen LogP contribution in [0.5, 0.6) is 5.75 Å². The molecule has 2 N–H and O–H groups in total. The first-order valence-electron chi connectivity index (χ1n) is 6.39. The van der Waals surface area contributed by atoms with Crippen molar-refractivity contribution in [3.8, 4) is 11.8 Å². The molecular weight excluding hydrogens is 272 g/mol. The van der Waals surface area contributed by atoms with E-state index < -0.39 is 0 Å². The van der Waals surface area contributed by atoms with Gasteiger partial charge in [0, 0.05) is 10.6 Å². The summed E-state index contributed by atoms with van der Waals surface area (Å²) < 4.78 is 0. The van der Waals surface area contributed by atoms with Crippen LogP contribution in [0.25, 0.3) is 0 Å². The zero-order valence-electron chi connectivity index (χ0n) is 11.1. The number of para-hydroxylation sites is 1. The predicted molar refractivity (Wildman–Crippen MR) is 80.9 cm³/mol. The van der Waals surface area contributed by atoms with Crippen molar-refractivity contribution < 1.29 is 5.11 Å². The molecule has 0 aliphatic rings. The normalized spacial score (nSPS) is 11.7. The largest absolute Gasteiger partial charge is 0.508 e. The van der Waals surface area contributed by atoms with E-state index in [9.17, 15) is 5.11 Å². The van der Waals surface area contributed by atoms with E-state index in [-0.39, 0.29) is 11.8 Å². The third-order valence-electron chi connectivity index (χ3n) is 3.15. The Morgan fingerprint density at radius 3 is 2.70 bits per heavy atom. The Bertz CT molecular complexity index is 649. The van der Waals surface area contributed by atoms with Gasteiger partial charge < -0.3 is 10.4 Å². The number of halogens is 1. The lowest BCUT2D eigenvalue weighted by Crippen LogP contribution is -2.11. The highest BCUT2D eigenvalue weighted by atomic mass is 35.5. The Labute approximate surface area is 123 Å². The number of hydrogen-bond donors (Lipinski definition) is 2. The number of phenolic OH excluding ortho intramolecular Hbond substituents is 1. The van der Waals surface area contributed by atoms with Gasteiger partial charge in [-0.05, 0) is 30.7 Å². The lowest BCUT2D eigenvalue weighted by atomic mass is 10.0. The monoisotopic (exact) mass is 286 g/mol. The Kier molecular flexibility index (Phi) is 4.49. The van der Waals surface area contributed by atoms with Gasteiger partial charge >= 0.3 is 0 Å². The summed E-state index contributed by atoms with van der Waals surface area (Å²) in [6, 6.07) is 14.3. The maximum absolute atomic E-state index is 9.94. The van der Waals surface area contributed by atoms with Crippen molar-refractivity contribution in [2.24, 2.45) is 0 Å². The average Bonchev–Trinajstić information content (AvgIpc) is 2.46. The summed E-state index contributed by atoms with van der Waals surface area (Å²) in [5, 5.41) is 22.9. The summed E-state index contributed by atoms with van der Waals surface area (Å²) in [6.45, 7) is 2.01. The second-order valence-electron chi connectivity index (χ2n) is 4.47. The highest BCUT2D eigenvalue weighted by molar-refractivity contribution is 6.30. The molecule has 20 heavy (non-hydrogen) atoms. The number of anilines is 1. The number of benzene rings is 2. The molecule has 0 amide bonds. The van der Waals surface area contributed by atoms with Crippen LogP contribution in [-0.4, -0.2) is 5.11 Å². The van der Waals surface area contributed by atoms with Gasteiger partial charge in [-0.25, -0.2) is 0 Å². The fourth-order valence-corrected chi connectivity index (χ4v) is 2.28. The Morgan fingerprint density at radius 1 is 1.30 bits per heavy atom. The van der Waals surface area contributed by atoms with Crippen LogP contribution in [0.15, 0.2) is 42.5 Å². The Morgan fingerprint density at radius 2 is 2.05 bits per heavy atom. The SMILES string of the molecule is CCC(Nc1cc(Cl)ccc1C#N)c1ccccc1O. The van der Waals surface area contributed by atoms with E-state index in [4.69, 9.17) is 16.9 Å². The van der Waals surface area contributed by atoms with Crippen molar-refractivity contribution in [3.63, 3.8) is 0 Å². The highest BCUT2D eigenvalue weighted by Gasteiger charge is 2.14. The first kappa shape index (κ1) is 14.2. The Hall–Kier alpha value is -2.18. The minimum Gasteiger partial charge on any atom is -0.508 e. The van der Waals surface area contributed by atoms with Crippen LogP contribution in [0.3, 0.4) is 0 Å². The first-order chi connectivity index (χ1) is 9.65. The quantitative estimate of drug-likeness (QED) is 0.871. The fourth-order valence-electron chi connectivity index (χ4n) is 2.10. The van der Waals surface area contributed by atoms with Crippen LogP contribution in [0.4, 0.5) is 5.69 Å². The van der Waals surface area contributed by atoms with Gasteiger partial charge in [0.2, 0.25) is 0 Å². The van der Waals surface area contributed by atoms with Gasteiger partial charge in [0.05, 0.1) is 17.3 Å². The van der Waals surface area contributed by atoms with Gasteiger partial charge in [-0.2, -0.15) is 5.26 Å². The molecule has 0 aliphatic carbocycles. The molecule has 1 unspecified atom stereocenters. The molecule has 0 radical (unpaired) electrons. The van der Waals surface area contributed by atoms with Crippen molar-refractivity contribution >= 4 is 17.3 Å². The molecular formula is C16H15ClN2O. The molecule has 102 valence electrons. The molecule has 0 aromatic heterocycles. The molecule has 0 spiro atoms.